The van der Waals surface area contributed by atoms with Gasteiger partial charge in [0.15, 0.2) is 0 Å². The van der Waals surface area contributed by atoms with Crippen molar-refractivity contribution in [3.05, 3.63) is 23.4 Å². The van der Waals surface area contributed by atoms with E-state index < -0.39 is 0 Å². The largest absolute Gasteiger partial charge is 0.370 e. The van der Waals surface area contributed by atoms with Crippen molar-refractivity contribution >= 4 is 5.82 Å². The fraction of sp³-hybridized carbons (Fsp3) is 0.545. The Balaban J connectivity index is 2.31. The second kappa shape index (κ2) is 3.36. The third-order valence-corrected chi connectivity index (χ3v) is 2.59. The van der Waals surface area contributed by atoms with Gasteiger partial charge in [-0.05, 0) is 30.4 Å². The Morgan fingerprint density at radius 1 is 1.54 bits per heavy atom. The monoisotopic (exact) mass is 176 g/mol. The minimum absolute atomic E-state index is 0.738. The molecule has 1 aromatic heterocycles. The van der Waals surface area contributed by atoms with Crippen molar-refractivity contribution < 1.29 is 0 Å². The predicted molar refractivity (Wildman–Crippen MR) is 55.0 cm³/mol. The topological polar surface area (TPSA) is 24.9 Å². The average Bonchev–Trinajstić information content (AvgIpc) is 2.17. The molecule has 0 radical (unpaired) electrons. The molecule has 2 heterocycles. The number of nitrogens with one attached hydrogen (secondary N) is 1. The van der Waals surface area contributed by atoms with Crippen molar-refractivity contribution in [1.29, 1.82) is 0 Å². The molecule has 2 heteroatoms. The quantitative estimate of drug-likeness (QED) is 0.710. The van der Waals surface area contributed by atoms with E-state index in [-0.39, 0.29) is 0 Å². The Morgan fingerprint density at radius 3 is 3.15 bits per heavy atom. The van der Waals surface area contributed by atoms with Crippen molar-refractivity contribution in [2.45, 2.75) is 26.7 Å². The maximum Gasteiger partial charge on any atom is 0.129 e. The summed E-state index contributed by atoms with van der Waals surface area (Å²) in [5, 5.41) is 3.38. The lowest BCUT2D eigenvalue weighted by molar-refractivity contribution is 0.590. The summed E-state index contributed by atoms with van der Waals surface area (Å²) in [7, 11) is 0. The molecule has 70 valence electrons. The molecule has 1 aliphatic heterocycles. The molecule has 2 rings (SSSR count). The van der Waals surface area contributed by atoms with Crippen LogP contribution in [0.3, 0.4) is 0 Å². The van der Waals surface area contributed by atoms with Gasteiger partial charge in [-0.15, -0.1) is 0 Å². The van der Waals surface area contributed by atoms with Crippen LogP contribution < -0.4 is 5.32 Å². The molecule has 0 saturated heterocycles. The first-order valence-corrected chi connectivity index (χ1v) is 5.02. The summed E-state index contributed by atoms with van der Waals surface area (Å²) in [4.78, 5) is 4.56. The van der Waals surface area contributed by atoms with Gasteiger partial charge in [0.1, 0.15) is 5.82 Å². The highest BCUT2D eigenvalue weighted by atomic mass is 15.0. The highest BCUT2D eigenvalue weighted by Crippen LogP contribution is 2.22. The zero-order chi connectivity index (χ0) is 9.26. The van der Waals surface area contributed by atoms with Crippen LogP contribution in [0.4, 0.5) is 5.82 Å². The molecule has 1 unspecified atom stereocenters. The molecule has 1 N–H and O–H groups in total. The molecular formula is C11H16N2. The summed E-state index contributed by atoms with van der Waals surface area (Å²) < 4.78 is 0. The van der Waals surface area contributed by atoms with Crippen LogP contribution in [-0.4, -0.2) is 11.5 Å². The van der Waals surface area contributed by atoms with Crippen molar-refractivity contribution in [2.75, 3.05) is 11.9 Å². The van der Waals surface area contributed by atoms with Crippen molar-refractivity contribution in [3.8, 4) is 0 Å². The lowest BCUT2D eigenvalue weighted by Gasteiger charge is -2.22. The van der Waals surface area contributed by atoms with Gasteiger partial charge in [-0.1, -0.05) is 19.9 Å². The first kappa shape index (κ1) is 8.54. The minimum Gasteiger partial charge on any atom is -0.370 e. The molecule has 0 aromatic carbocycles. The number of aryl methyl sites for hydroxylation is 1. The second-order valence-corrected chi connectivity index (χ2v) is 3.85. The number of hydrogen-bond acceptors (Lipinski definition) is 2. The van der Waals surface area contributed by atoms with Crippen LogP contribution in [-0.2, 0) is 12.8 Å². The average molecular weight is 176 g/mol. The summed E-state index contributed by atoms with van der Waals surface area (Å²) in [6.45, 7) is 5.47. The molecule has 0 bridgehead atoms. The zero-order valence-electron chi connectivity index (χ0n) is 8.30. The van der Waals surface area contributed by atoms with E-state index in [9.17, 15) is 0 Å². The van der Waals surface area contributed by atoms with Crippen LogP contribution in [0.2, 0.25) is 0 Å². The van der Waals surface area contributed by atoms with E-state index in [1.807, 2.05) is 0 Å². The molecule has 1 aliphatic rings. The maximum absolute atomic E-state index is 4.56. The van der Waals surface area contributed by atoms with Gasteiger partial charge in [0.05, 0.1) is 0 Å². The molecule has 1 aromatic rings. The van der Waals surface area contributed by atoms with Crippen LogP contribution in [0.1, 0.15) is 25.1 Å². The van der Waals surface area contributed by atoms with Crippen LogP contribution in [0.25, 0.3) is 0 Å². The minimum atomic E-state index is 0.738. The van der Waals surface area contributed by atoms with Gasteiger partial charge in [0.25, 0.3) is 0 Å². The van der Waals surface area contributed by atoms with Crippen LogP contribution in [0.5, 0.6) is 0 Å². The number of aromatic nitrogens is 1. The first-order valence-electron chi connectivity index (χ1n) is 5.02. The van der Waals surface area contributed by atoms with Gasteiger partial charge >= 0.3 is 0 Å². The lowest BCUT2D eigenvalue weighted by Crippen LogP contribution is -2.21. The molecule has 1 atom stereocenters. The highest BCUT2D eigenvalue weighted by molar-refractivity contribution is 5.47. The third kappa shape index (κ3) is 1.67. The Labute approximate surface area is 79.4 Å². The van der Waals surface area contributed by atoms with Gasteiger partial charge in [-0.3, -0.25) is 0 Å². The van der Waals surface area contributed by atoms with Gasteiger partial charge in [0.2, 0.25) is 0 Å². The summed E-state index contributed by atoms with van der Waals surface area (Å²) >= 11 is 0. The van der Waals surface area contributed by atoms with Crippen molar-refractivity contribution in [1.82, 2.24) is 4.98 Å². The van der Waals surface area contributed by atoms with Gasteiger partial charge in [0, 0.05) is 12.2 Å². The number of pyridine rings is 1. The molecule has 0 fully saturated rings. The van der Waals surface area contributed by atoms with Crippen LogP contribution in [0, 0.1) is 5.92 Å². The van der Waals surface area contributed by atoms with Crippen LogP contribution >= 0.6 is 0 Å². The molecule has 0 amide bonds. The number of fused-ring (bicyclic) bond motifs is 1. The molecule has 0 aliphatic carbocycles. The van der Waals surface area contributed by atoms with Gasteiger partial charge < -0.3 is 5.32 Å². The zero-order valence-corrected chi connectivity index (χ0v) is 8.30. The Bertz CT molecular complexity index is 307. The Hall–Kier alpha value is -1.05. The summed E-state index contributed by atoms with van der Waals surface area (Å²) in [5.41, 5.74) is 2.55. The van der Waals surface area contributed by atoms with E-state index in [0.29, 0.717) is 0 Å². The van der Waals surface area contributed by atoms with E-state index in [2.05, 4.69) is 36.3 Å². The summed E-state index contributed by atoms with van der Waals surface area (Å²) in [5.74, 6) is 1.85. The number of anilines is 1. The van der Waals surface area contributed by atoms with Crippen LogP contribution in [0.15, 0.2) is 12.1 Å². The third-order valence-electron chi connectivity index (χ3n) is 2.59. The number of rotatable bonds is 1. The SMILES string of the molecule is CCc1ccc2c(n1)NCC(C)C2. The van der Waals surface area contributed by atoms with E-state index in [4.69, 9.17) is 0 Å². The molecular weight excluding hydrogens is 160 g/mol. The normalized spacial score (nSPS) is 20.6. The molecule has 13 heavy (non-hydrogen) atoms. The summed E-state index contributed by atoms with van der Waals surface area (Å²) in [6.07, 6.45) is 2.18. The molecule has 0 spiro atoms. The maximum atomic E-state index is 4.56. The number of nitrogens with zero attached hydrogens (tertiary/aromatic N) is 1. The molecule has 2 nitrogen and oxygen atoms in total. The lowest BCUT2D eigenvalue weighted by atomic mass is 9.98. The van der Waals surface area contributed by atoms with Crippen molar-refractivity contribution in [2.24, 2.45) is 5.92 Å². The van der Waals surface area contributed by atoms with Gasteiger partial charge in [-0.25, -0.2) is 4.98 Å². The van der Waals surface area contributed by atoms with Gasteiger partial charge in [-0.2, -0.15) is 0 Å². The van der Waals surface area contributed by atoms with E-state index in [1.54, 1.807) is 0 Å². The van der Waals surface area contributed by atoms with E-state index in [0.717, 1.165) is 24.7 Å². The fourth-order valence-electron chi connectivity index (χ4n) is 1.76. The molecule has 0 saturated carbocycles. The Morgan fingerprint density at radius 2 is 2.38 bits per heavy atom. The first-order chi connectivity index (χ1) is 6.29. The highest BCUT2D eigenvalue weighted by Gasteiger charge is 2.15. The Kier molecular flexibility index (Phi) is 2.21. The van der Waals surface area contributed by atoms with E-state index in [1.165, 1.54) is 17.7 Å². The standard InChI is InChI=1S/C11H16N2/c1-3-10-5-4-9-6-8(2)7-12-11(9)13-10/h4-5,8H,3,6-7H2,1-2H3,(H,12,13). The second-order valence-electron chi connectivity index (χ2n) is 3.85. The predicted octanol–water partition coefficient (Wildman–Crippen LogP) is 2.25. The van der Waals surface area contributed by atoms with E-state index >= 15 is 0 Å². The fourth-order valence-corrected chi connectivity index (χ4v) is 1.76. The smallest absolute Gasteiger partial charge is 0.129 e. The van der Waals surface area contributed by atoms with Crippen molar-refractivity contribution in [3.63, 3.8) is 0 Å². The summed E-state index contributed by atoms with van der Waals surface area (Å²) in [6, 6.07) is 4.35. The number of hydrogen-bond donors (Lipinski definition) is 1.